The molecule has 1 aromatic rings. The molecule has 0 spiro atoms. The van der Waals surface area contributed by atoms with Gasteiger partial charge in [-0.1, -0.05) is 29.8 Å². The van der Waals surface area contributed by atoms with E-state index in [-0.39, 0.29) is 5.60 Å². The number of rotatable bonds is 7. The molecule has 1 aromatic carbocycles. The molecule has 21 heavy (non-hydrogen) atoms. The molecule has 0 atom stereocenters. The topological polar surface area (TPSA) is 21.3 Å². The lowest BCUT2D eigenvalue weighted by molar-refractivity contribution is -0.0144. The molecule has 2 nitrogen and oxygen atoms in total. The maximum absolute atomic E-state index is 6.40. The first-order valence-electron chi connectivity index (χ1n) is 8.08. The Kier molecular flexibility index (Phi) is 5.73. The summed E-state index contributed by atoms with van der Waals surface area (Å²) in [6.07, 6.45) is 4.77. The lowest BCUT2D eigenvalue weighted by Crippen LogP contribution is -2.45. The third kappa shape index (κ3) is 4.46. The number of benzene rings is 1. The van der Waals surface area contributed by atoms with Gasteiger partial charge in [-0.25, -0.2) is 0 Å². The lowest BCUT2D eigenvalue weighted by Gasteiger charge is -2.42. The summed E-state index contributed by atoms with van der Waals surface area (Å²) in [5.41, 5.74) is 2.56. The van der Waals surface area contributed by atoms with Crippen LogP contribution in [0.25, 0.3) is 0 Å². The second-order valence-corrected chi connectivity index (χ2v) is 7.65. The Morgan fingerprint density at radius 2 is 1.86 bits per heavy atom. The maximum atomic E-state index is 6.40. The first-order valence-corrected chi connectivity index (χ1v) is 8.88. The van der Waals surface area contributed by atoms with Gasteiger partial charge < -0.3 is 10.1 Å². The molecular weight excluding hydrogens is 326 g/mol. The number of nitrogens with one attached hydrogen (secondary N) is 1. The molecule has 0 aliphatic heterocycles. The van der Waals surface area contributed by atoms with Gasteiger partial charge in [-0.05, 0) is 81.8 Å². The highest BCUT2D eigenvalue weighted by molar-refractivity contribution is 9.10. The molecule has 0 radical (unpaired) electrons. The fourth-order valence-electron chi connectivity index (χ4n) is 2.90. The normalized spacial score (nSPS) is 16.9. The SMILES string of the molecule is Cc1cc(OC2(CCNCC(C)C)CCC2)cc(C)c1Br. The standard InChI is InChI=1S/C18H28BrNO/c1-13(2)12-20-9-8-18(6-5-7-18)21-16-10-14(3)17(19)15(4)11-16/h10-11,13,20H,5-9,12H2,1-4H3. The Hall–Kier alpha value is -0.540. The summed E-state index contributed by atoms with van der Waals surface area (Å²) in [7, 11) is 0. The van der Waals surface area contributed by atoms with Crippen molar-refractivity contribution in [3.63, 3.8) is 0 Å². The molecule has 1 aliphatic rings. The van der Waals surface area contributed by atoms with E-state index in [1.54, 1.807) is 0 Å². The Bertz CT molecular complexity index is 457. The quantitative estimate of drug-likeness (QED) is 0.696. The van der Waals surface area contributed by atoms with Crippen molar-refractivity contribution in [2.24, 2.45) is 5.92 Å². The third-order valence-electron chi connectivity index (χ3n) is 4.32. The monoisotopic (exact) mass is 353 g/mol. The van der Waals surface area contributed by atoms with Crippen LogP contribution in [0.1, 0.15) is 50.7 Å². The van der Waals surface area contributed by atoms with Crippen LogP contribution >= 0.6 is 15.9 Å². The summed E-state index contributed by atoms with van der Waals surface area (Å²) in [4.78, 5) is 0. The maximum Gasteiger partial charge on any atom is 0.120 e. The smallest absolute Gasteiger partial charge is 0.120 e. The largest absolute Gasteiger partial charge is 0.487 e. The van der Waals surface area contributed by atoms with Crippen LogP contribution in [0.4, 0.5) is 0 Å². The van der Waals surface area contributed by atoms with Crippen LogP contribution in [0.15, 0.2) is 16.6 Å². The van der Waals surface area contributed by atoms with Crippen molar-refractivity contribution in [1.82, 2.24) is 5.32 Å². The van der Waals surface area contributed by atoms with Gasteiger partial charge in [-0.3, -0.25) is 0 Å². The Morgan fingerprint density at radius 1 is 1.24 bits per heavy atom. The van der Waals surface area contributed by atoms with Crippen LogP contribution in [-0.2, 0) is 0 Å². The van der Waals surface area contributed by atoms with Gasteiger partial charge in [-0.15, -0.1) is 0 Å². The second-order valence-electron chi connectivity index (χ2n) is 6.86. The average Bonchev–Trinajstić information content (AvgIpc) is 2.37. The highest BCUT2D eigenvalue weighted by atomic mass is 79.9. The molecule has 2 rings (SSSR count). The minimum atomic E-state index is 0.0662. The van der Waals surface area contributed by atoms with E-state index in [9.17, 15) is 0 Å². The first-order chi connectivity index (χ1) is 9.92. The fourth-order valence-corrected chi connectivity index (χ4v) is 3.13. The lowest BCUT2D eigenvalue weighted by atomic mass is 9.77. The molecule has 0 saturated heterocycles. The molecule has 1 saturated carbocycles. The predicted molar refractivity (Wildman–Crippen MR) is 93.2 cm³/mol. The summed E-state index contributed by atoms with van der Waals surface area (Å²) in [5, 5.41) is 3.54. The van der Waals surface area contributed by atoms with Gasteiger partial charge in [0.15, 0.2) is 0 Å². The third-order valence-corrected chi connectivity index (χ3v) is 5.57. The minimum Gasteiger partial charge on any atom is -0.487 e. The van der Waals surface area contributed by atoms with Crippen LogP contribution in [-0.4, -0.2) is 18.7 Å². The summed E-state index contributed by atoms with van der Waals surface area (Å²) in [6.45, 7) is 10.9. The fraction of sp³-hybridized carbons (Fsp3) is 0.667. The summed E-state index contributed by atoms with van der Waals surface area (Å²) in [6, 6.07) is 4.30. The summed E-state index contributed by atoms with van der Waals surface area (Å²) < 4.78 is 7.59. The Labute approximate surface area is 137 Å². The molecule has 0 heterocycles. The van der Waals surface area contributed by atoms with Crippen molar-refractivity contribution in [3.05, 3.63) is 27.7 Å². The molecular formula is C18H28BrNO. The number of ether oxygens (including phenoxy) is 1. The van der Waals surface area contributed by atoms with E-state index in [0.717, 1.165) is 25.3 Å². The summed E-state index contributed by atoms with van der Waals surface area (Å²) in [5.74, 6) is 1.73. The number of hydrogen-bond acceptors (Lipinski definition) is 2. The predicted octanol–water partition coefficient (Wildman–Crippen LogP) is 5.00. The molecule has 1 fully saturated rings. The van der Waals surface area contributed by atoms with Crippen molar-refractivity contribution in [1.29, 1.82) is 0 Å². The van der Waals surface area contributed by atoms with Gasteiger partial charge in [0.05, 0.1) is 0 Å². The number of halogens is 1. The van der Waals surface area contributed by atoms with Crippen LogP contribution < -0.4 is 10.1 Å². The molecule has 0 bridgehead atoms. The van der Waals surface area contributed by atoms with E-state index in [1.807, 2.05) is 0 Å². The van der Waals surface area contributed by atoms with E-state index in [4.69, 9.17) is 4.74 Å². The molecule has 0 amide bonds. The van der Waals surface area contributed by atoms with E-state index in [2.05, 4.69) is 61.1 Å². The first kappa shape index (κ1) is 16.8. The van der Waals surface area contributed by atoms with Crippen LogP contribution in [0, 0.1) is 19.8 Å². The van der Waals surface area contributed by atoms with Gasteiger partial charge in [0.2, 0.25) is 0 Å². The Balaban J connectivity index is 1.95. The van der Waals surface area contributed by atoms with E-state index in [1.165, 1.54) is 34.9 Å². The summed E-state index contributed by atoms with van der Waals surface area (Å²) >= 11 is 3.62. The zero-order valence-electron chi connectivity index (χ0n) is 13.8. The van der Waals surface area contributed by atoms with E-state index < -0.39 is 0 Å². The van der Waals surface area contributed by atoms with Crippen molar-refractivity contribution in [3.8, 4) is 5.75 Å². The van der Waals surface area contributed by atoms with Gasteiger partial charge in [0.1, 0.15) is 11.4 Å². The van der Waals surface area contributed by atoms with E-state index in [0.29, 0.717) is 5.92 Å². The van der Waals surface area contributed by atoms with Gasteiger partial charge in [-0.2, -0.15) is 0 Å². The Morgan fingerprint density at radius 3 is 2.33 bits per heavy atom. The zero-order valence-corrected chi connectivity index (χ0v) is 15.3. The molecule has 1 N–H and O–H groups in total. The molecule has 118 valence electrons. The van der Waals surface area contributed by atoms with Crippen LogP contribution in [0.5, 0.6) is 5.75 Å². The van der Waals surface area contributed by atoms with Crippen molar-refractivity contribution >= 4 is 15.9 Å². The van der Waals surface area contributed by atoms with Gasteiger partial charge >= 0.3 is 0 Å². The number of hydrogen-bond donors (Lipinski definition) is 1. The number of aryl methyl sites for hydroxylation is 2. The minimum absolute atomic E-state index is 0.0662. The van der Waals surface area contributed by atoms with E-state index >= 15 is 0 Å². The molecule has 0 unspecified atom stereocenters. The zero-order chi connectivity index (χ0) is 15.5. The molecule has 0 aromatic heterocycles. The van der Waals surface area contributed by atoms with Crippen molar-refractivity contribution in [2.45, 2.75) is 59.0 Å². The van der Waals surface area contributed by atoms with Gasteiger partial charge in [0, 0.05) is 4.47 Å². The van der Waals surface area contributed by atoms with Crippen molar-refractivity contribution < 1.29 is 4.74 Å². The highest BCUT2D eigenvalue weighted by Crippen LogP contribution is 2.40. The molecule has 1 aliphatic carbocycles. The second kappa shape index (κ2) is 7.15. The van der Waals surface area contributed by atoms with Crippen molar-refractivity contribution in [2.75, 3.05) is 13.1 Å². The average molecular weight is 354 g/mol. The molecule has 3 heteroatoms. The van der Waals surface area contributed by atoms with Gasteiger partial charge in [0.25, 0.3) is 0 Å². The van der Waals surface area contributed by atoms with Crippen LogP contribution in [0.3, 0.4) is 0 Å². The highest BCUT2D eigenvalue weighted by Gasteiger charge is 2.38. The van der Waals surface area contributed by atoms with Crippen LogP contribution in [0.2, 0.25) is 0 Å².